The minimum Gasteiger partial charge on any atom is -0.414 e. The molecule has 0 aliphatic carbocycles. The summed E-state index contributed by atoms with van der Waals surface area (Å²) in [7, 11) is 0. The van der Waals surface area contributed by atoms with Crippen LogP contribution in [0.1, 0.15) is 12.5 Å². The zero-order valence-corrected chi connectivity index (χ0v) is 13.4. The molecule has 0 aromatic heterocycles. The lowest BCUT2D eigenvalue weighted by Crippen LogP contribution is -2.42. The number of thioether (sulfide) groups is 2. The summed E-state index contributed by atoms with van der Waals surface area (Å²) in [6.45, 7) is 1.51. The van der Waals surface area contributed by atoms with Crippen LogP contribution in [0.2, 0.25) is 5.02 Å². The maximum Gasteiger partial charge on any atom is 0.350 e. The van der Waals surface area contributed by atoms with Crippen molar-refractivity contribution >= 4 is 47.1 Å². The number of benzene rings is 1. The number of cyclic esters (lactones) is 2. The van der Waals surface area contributed by atoms with E-state index in [9.17, 15) is 9.59 Å². The summed E-state index contributed by atoms with van der Waals surface area (Å²) in [4.78, 5) is 24.5. The van der Waals surface area contributed by atoms with E-state index in [0.717, 1.165) is 11.5 Å². The van der Waals surface area contributed by atoms with Gasteiger partial charge in [0.15, 0.2) is 5.57 Å². The van der Waals surface area contributed by atoms with E-state index in [2.05, 4.69) is 0 Å². The quantitative estimate of drug-likeness (QED) is 0.443. The number of hydrogen-bond donors (Lipinski definition) is 0. The van der Waals surface area contributed by atoms with Crippen molar-refractivity contribution in [1.82, 2.24) is 0 Å². The Hall–Kier alpha value is -1.11. The van der Waals surface area contributed by atoms with Gasteiger partial charge in [-0.15, -0.1) is 23.5 Å². The molecule has 0 unspecified atom stereocenters. The molecule has 4 nitrogen and oxygen atoms in total. The lowest BCUT2D eigenvalue weighted by molar-refractivity contribution is -0.233. The smallest absolute Gasteiger partial charge is 0.350 e. The fraction of sp³-hybridized carbons (Fsp3) is 0.286. The zero-order chi connectivity index (χ0) is 15.0. The first kappa shape index (κ1) is 14.8. The molecule has 2 fully saturated rings. The monoisotopic (exact) mass is 342 g/mol. The molecular weight excluding hydrogens is 332 g/mol. The van der Waals surface area contributed by atoms with Crippen LogP contribution in [-0.4, -0.2) is 23.4 Å². The van der Waals surface area contributed by atoms with Crippen molar-refractivity contribution in [1.29, 1.82) is 0 Å². The van der Waals surface area contributed by atoms with Gasteiger partial charge in [-0.05, 0) is 12.1 Å². The van der Waals surface area contributed by atoms with Crippen LogP contribution in [0.3, 0.4) is 0 Å². The Morgan fingerprint density at radius 2 is 1.67 bits per heavy atom. The molecule has 21 heavy (non-hydrogen) atoms. The molecule has 0 atom stereocenters. The first-order valence-electron chi connectivity index (χ1n) is 6.23. The molecule has 2 heterocycles. The van der Waals surface area contributed by atoms with Crippen LogP contribution in [-0.2, 0) is 24.8 Å². The van der Waals surface area contributed by atoms with Crippen LogP contribution in [0, 0.1) is 0 Å². The maximum absolute atomic E-state index is 12.2. The van der Waals surface area contributed by atoms with Gasteiger partial charge in [0.2, 0.25) is 0 Å². The van der Waals surface area contributed by atoms with E-state index < -0.39 is 17.7 Å². The van der Waals surface area contributed by atoms with Crippen molar-refractivity contribution in [3.05, 3.63) is 44.7 Å². The topological polar surface area (TPSA) is 52.6 Å². The van der Waals surface area contributed by atoms with E-state index in [0.29, 0.717) is 14.8 Å². The summed E-state index contributed by atoms with van der Waals surface area (Å²) in [5.74, 6) is -1.08. The highest BCUT2D eigenvalue weighted by atomic mass is 35.5. The van der Waals surface area contributed by atoms with Crippen molar-refractivity contribution < 1.29 is 19.1 Å². The third kappa shape index (κ3) is 2.67. The second-order valence-electron chi connectivity index (χ2n) is 4.56. The molecule has 2 saturated heterocycles. The van der Waals surface area contributed by atoms with Crippen LogP contribution in [0.4, 0.5) is 0 Å². The Morgan fingerprint density at radius 3 is 2.24 bits per heavy atom. The van der Waals surface area contributed by atoms with Crippen LogP contribution in [0.25, 0.3) is 0 Å². The Balaban J connectivity index is 1.97. The summed E-state index contributed by atoms with van der Waals surface area (Å²) in [5, 5.41) is 0.376. The van der Waals surface area contributed by atoms with Gasteiger partial charge in [-0.1, -0.05) is 23.7 Å². The number of carbonyl (C=O) groups excluding carboxylic acids is 2. The summed E-state index contributed by atoms with van der Waals surface area (Å²) in [5.41, 5.74) is 0.441. The van der Waals surface area contributed by atoms with Gasteiger partial charge < -0.3 is 9.47 Å². The molecule has 1 aromatic carbocycles. The highest BCUT2D eigenvalue weighted by Gasteiger charge is 2.46. The number of rotatable bonds is 1. The summed E-state index contributed by atoms with van der Waals surface area (Å²) in [6.07, 6.45) is 0. The SMILES string of the molecule is CC1(c2ccccc2Cl)OC(=O)C(=C2SCCS2)C(=O)O1. The van der Waals surface area contributed by atoms with Crippen LogP contribution < -0.4 is 0 Å². The first-order chi connectivity index (χ1) is 10.0. The fourth-order valence-corrected chi connectivity index (χ4v) is 4.92. The molecular formula is C14H11ClO4S2. The predicted octanol–water partition coefficient (Wildman–Crippen LogP) is 3.30. The molecule has 7 heteroatoms. The van der Waals surface area contributed by atoms with Crippen LogP contribution >= 0.6 is 35.1 Å². The van der Waals surface area contributed by atoms with Crippen molar-refractivity contribution in [2.24, 2.45) is 0 Å². The van der Waals surface area contributed by atoms with E-state index in [1.165, 1.54) is 30.4 Å². The summed E-state index contributed by atoms with van der Waals surface area (Å²) in [6, 6.07) is 6.81. The standard InChI is InChI=1S/C14H11ClO4S2/c1-14(8-4-2-3-5-9(8)15)18-11(16)10(12(17)19-14)13-20-6-7-21-13/h2-5H,6-7H2,1H3. The second-order valence-corrected chi connectivity index (χ2v) is 7.44. The van der Waals surface area contributed by atoms with Crippen LogP contribution in [0.15, 0.2) is 34.1 Å². The normalized spacial score (nSPS) is 25.8. The Morgan fingerprint density at radius 1 is 1.10 bits per heavy atom. The number of carbonyl (C=O) groups is 2. The number of esters is 2. The maximum atomic E-state index is 12.2. The predicted molar refractivity (Wildman–Crippen MR) is 82.9 cm³/mol. The summed E-state index contributed by atoms with van der Waals surface area (Å²) >= 11 is 9.04. The fourth-order valence-electron chi connectivity index (χ4n) is 2.12. The van der Waals surface area contributed by atoms with E-state index in [1.54, 1.807) is 24.3 Å². The average molecular weight is 343 g/mol. The third-order valence-electron chi connectivity index (χ3n) is 3.10. The van der Waals surface area contributed by atoms with Gasteiger partial charge in [0.1, 0.15) is 0 Å². The average Bonchev–Trinajstić information content (AvgIpc) is 2.91. The Labute approximate surface area is 135 Å². The summed E-state index contributed by atoms with van der Waals surface area (Å²) < 4.78 is 11.4. The molecule has 110 valence electrons. The van der Waals surface area contributed by atoms with E-state index in [-0.39, 0.29) is 5.57 Å². The second kappa shape index (κ2) is 5.59. The van der Waals surface area contributed by atoms with Gasteiger partial charge in [-0.25, -0.2) is 9.59 Å². The molecule has 0 radical (unpaired) electrons. The van der Waals surface area contributed by atoms with Crippen molar-refractivity contribution in [2.75, 3.05) is 11.5 Å². The molecule has 2 aliphatic heterocycles. The van der Waals surface area contributed by atoms with E-state index in [1.807, 2.05) is 0 Å². The molecule has 0 amide bonds. The molecule has 1 aromatic rings. The van der Waals surface area contributed by atoms with Gasteiger partial charge in [0.25, 0.3) is 5.79 Å². The number of hydrogen-bond acceptors (Lipinski definition) is 6. The minimum atomic E-state index is -1.50. The Bertz CT molecular complexity index is 628. The first-order valence-corrected chi connectivity index (χ1v) is 8.58. The van der Waals surface area contributed by atoms with Gasteiger partial charge in [-0.2, -0.15) is 0 Å². The molecule has 0 N–H and O–H groups in total. The van der Waals surface area contributed by atoms with Gasteiger partial charge in [0, 0.05) is 18.4 Å². The highest BCUT2D eigenvalue weighted by Crippen LogP contribution is 2.43. The van der Waals surface area contributed by atoms with E-state index in [4.69, 9.17) is 21.1 Å². The molecule has 0 saturated carbocycles. The van der Waals surface area contributed by atoms with Gasteiger partial charge in [0.05, 0.1) is 14.8 Å². The third-order valence-corrected chi connectivity index (χ3v) is 6.14. The van der Waals surface area contributed by atoms with E-state index >= 15 is 0 Å². The zero-order valence-electron chi connectivity index (χ0n) is 11.1. The molecule has 0 spiro atoms. The number of halogens is 1. The van der Waals surface area contributed by atoms with Gasteiger partial charge in [-0.3, -0.25) is 0 Å². The van der Waals surface area contributed by atoms with Gasteiger partial charge >= 0.3 is 11.9 Å². The Kier molecular flexibility index (Phi) is 3.94. The van der Waals surface area contributed by atoms with Crippen molar-refractivity contribution in [3.63, 3.8) is 0 Å². The highest BCUT2D eigenvalue weighted by molar-refractivity contribution is 8.25. The molecule has 3 rings (SSSR count). The molecule has 0 bridgehead atoms. The number of ether oxygens (including phenoxy) is 2. The molecule has 2 aliphatic rings. The lowest BCUT2D eigenvalue weighted by atomic mass is 10.1. The lowest BCUT2D eigenvalue weighted by Gasteiger charge is -2.34. The van der Waals surface area contributed by atoms with Crippen LogP contribution in [0.5, 0.6) is 0 Å². The van der Waals surface area contributed by atoms with Crippen molar-refractivity contribution in [3.8, 4) is 0 Å². The minimum absolute atomic E-state index is 0.00738. The largest absolute Gasteiger partial charge is 0.414 e. The van der Waals surface area contributed by atoms with Crippen molar-refractivity contribution in [2.45, 2.75) is 12.7 Å².